The average Bonchev–Trinajstić information content (AvgIpc) is 3.00. The van der Waals surface area contributed by atoms with Crippen molar-refractivity contribution >= 4 is 41.5 Å². The van der Waals surface area contributed by atoms with Gasteiger partial charge in [0.05, 0.1) is 0 Å². The Hall–Kier alpha value is -0.600. The highest BCUT2D eigenvalue weighted by molar-refractivity contribution is 14.0. The molecule has 0 aliphatic carbocycles. The first-order valence-electron chi connectivity index (χ1n) is 8.02. The van der Waals surface area contributed by atoms with E-state index in [1.807, 2.05) is 25.4 Å². The second kappa shape index (κ2) is 11.0. The van der Waals surface area contributed by atoms with Gasteiger partial charge in [0, 0.05) is 32.4 Å². The highest BCUT2D eigenvalue weighted by Crippen LogP contribution is 2.15. The summed E-state index contributed by atoms with van der Waals surface area (Å²) < 4.78 is 0. The summed E-state index contributed by atoms with van der Waals surface area (Å²) in [6.07, 6.45) is 5.29. The number of aliphatic imine (C=N–C) groups is 1. The van der Waals surface area contributed by atoms with Gasteiger partial charge in [0.15, 0.2) is 5.96 Å². The molecule has 7 heteroatoms. The van der Waals surface area contributed by atoms with Crippen LogP contribution >= 0.6 is 35.6 Å². The zero-order valence-electron chi connectivity index (χ0n) is 13.9. The van der Waals surface area contributed by atoms with Gasteiger partial charge < -0.3 is 10.6 Å². The molecule has 1 aliphatic rings. The number of likely N-dealkylation sites (tertiary alicyclic amines) is 1. The number of aromatic nitrogens is 1. The van der Waals surface area contributed by atoms with Gasteiger partial charge in [-0.05, 0) is 44.0 Å². The van der Waals surface area contributed by atoms with Crippen molar-refractivity contribution < 1.29 is 0 Å². The standard InChI is InChI=1S/C16H26ClN5.HI/c1-3-22-10-4-5-14(22)12-21-16(18-2)19-9-8-13-6-7-15(17)20-11-13;/h6-7,11,14H,3-5,8-10,12H2,1-2H3,(H2,18,19,21);1H. The van der Waals surface area contributed by atoms with Gasteiger partial charge in [-0.3, -0.25) is 9.89 Å². The Morgan fingerprint density at radius 1 is 1.43 bits per heavy atom. The van der Waals surface area contributed by atoms with Gasteiger partial charge in [0.1, 0.15) is 5.15 Å². The Labute approximate surface area is 161 Å². The van der Waals surface area contributed by atoms with E-state index in [2.05, 4.69) is 32.4 Å². The molecule has 2 rings (SSSR count). The molecule has 2 heterocycles. The molecular formula is C16H27ClIN5. The van der Waals surface area contributed by atoms with Crippen LogP contribution in [0, 0.1) is 0 Å². The van der Waals surface area contributed by atoms with Gasteiger partial charge >= 0.3 is 0 Å². The Kier molecular flexibility index (Phi) is 9.81. The lowest BCUT2D eigenvalue weighted by Crippen LogP contribution is -2.45. The zero-order chi connectivity index (χ0) is 15.8. The summed E-state index contributed by atoms with van der Waals surface area (Å²) in [6.45, 7) is 6.35. The van der Waals surface area contributed by atoms with Gasteiger partial charge in [0.2, 0.25) is 0 Å². The van der Waals surface area contributed by atoms with Gasteiger partial charge in [-0.25, -0.2) is 4.98 Å². The molecule has 1 unspecified atom stereocenters. The third kappa shape index (κ3) is 6.81. The van der Waals surface area contributed by atoms with Crippen molar-refractivity contribution in [3.63, 3.8) is 0 Å². The summed E-state index contributed by atoms with van der Waals surface area (Å²) in [5.74, 6) is 0.866. The molecule has 1 aromatic heterocycles. The molecule has 0 spiro atoms. The average molecular weight is 452 g/mol. The minimum Gasteiger partial charge on any atom is -0.356 e. The first kappa shape index (κ1) is 20.4. The number of hydrogen-bond acceptors (Lipinski definition) is 3. The van der Waals surface area contributed by atoms with Gasteiger partial charge in [0.25, 0.3) is 0 Å². The lowest BCUT2D eigenvalue weighted by molar-refractivity contribution is 0.267. The molecule has 1 aliphatic heterocycles. The summed E-state index contributed by atoms with van der Waals surface area (Å²) in [6, 6.07) is 4.46. The van der Waals surface area contributed by atoms with E-state index in [0.29, 0.717) is 11.2 Å². The van der Waals surface area contributed by atoms with Crippen LogP contribution in [0.1, 0.15) is 25.3 Å². The van der Waals surface area contributed by atoms with Gasteiger partial charge in [-0.2, -0.15) is 0 Å². The number of nitrogens with zero attached hydrogens (tertiary/aromatic N) is 3. The SMILES string of the molecule is CCN1CCCC1CNC(=NC)NCCc1ccc(Cl)nc1.I. The topological polar surface area (TPSA) is 52.5 Å². The van der Waals surface area contributed by atoms with Crippen molar-refractivity contribution in [2.45, 2.75) is 32.2 Å². The first-order chi connectivity index (χ1) is 10.7. The van der Waals surface area contributed by atoms with Gasteiger partial charge in [-0.15, -0.1) is 24.0 Å². The van der Waals surface area contributed by atoms with Crippen molar-refractivity contribution in [3.05, 3.63) is 29.0 Å². The normalized spacial score (nSPS) is 18.6. The van der Waals surface area contributed by atoms with E-state index in [1.165, 1.54) is 24.9 Å². The minimum absolute atomic E-state index is 0. The molecule has 0 amide bonds. The Balaban J connectivity index is 0.00000264. The summed E-state index contributed by atoms with van der Waals surface area (Å²) in [4.78, 5) is 10.9. The molecule has 1 atom stereocenters. The smallest absolute Gasteiger partial charge is 0.191 e. The Bertz CT molecular complexity index is 480. The molecule has 0 saturated carbocycles. The van der Waals surface area contributed by atoms with E-state index in [1.54, 1.807) is 0 Å². The minimum atomic E-state index is 0. The van der Waals surface area contributed by atoms with E-state index in [-0.39, 0.29) is 24.0 Å². The Morgan fingerprint density at radius 3 is 2.91 bits per heavy atom. The number of likely N-dealkylation sites (N-methyl/N-ethyl adjacent to an activating group) is 1. The molecule has 0 radical (unpaired) electrons. The molecule has 1 saturated heterocycles. The van der Waals surface area contributed by atoms with E-state index >= 15 is 0 Å². The van der Waals surface area contributed by atoms with Crippen molar-refractivity contribution in [2.75, 3.05) is 33.2 Å². The van der Waals surface area contributed by atoms with E-state index < -0.39 is 0 Å². The fourth-order valence-corrected chi connectivity index (χ4v) is 2.97. The number of pyridine rings is 1. The lowest BCUT2D eigenvalue weighted by Gasteiger charge is -2.24. The van der Waals surface area contributed by atoms with Gasteiger partial charge in [-0.1, -0.05) is 24.6 Å². The molecule has 2 N–H and O–H groups in total. The molecule has 130 valence electrons. The molecule has 0 aromatic carbocycles. The third-order valence-electron chi connectivity index (χ3n) is 4.13. The number of rotatable bonds is 6. The van der Waals surface area contributed by atoms with Crippen LogP contribution < -0.4 is 10.6 Å². The van der Waals surface area contributed by atoms with Crippen LogP contribution in [0.5, 0.6) is 0 Å². The summed E-state index contributed by atoms with van der Waals surface area (Å²) in [7, 11) is 1.81. The molecule has 23 heavy (non-hydrogen) atoms. The molecule has 1 aromatic rings. The van der Waals surface area contributed by atoms with Crippen LogP contribution in [0.25, 0.3) is 0 Å². The summed E-state index contributed by atoms with van der Waals surface area (Å²) >= 11 is 5.79. The third-order valence-corrected chi connectivity index (χ3v) is 4.35. The largest absolute Gasteiger partial charge is 0.356 e. The Morgan fingerprint density at radius 2 is 2.26 bits per heavy atom. The van der Waals surface area contributed by atoms with Crippen molar-refractivity contribution in [3.8, 4) is 0 Å². The van der Waals surface area contributed by atoms with Crippen LogP contribution in [0.15, 0.2) is 23.3 Å². The number of nitrogens with one attached hydrogen (secondary N) is 2. The molecule has 5 nitrogen and oxygen atoms in total. The van der Waals surface area contributed by atoms with E-state index in [4.69, 9.17) is 11.6 Å². The van der Waals surface area contributed by atoms with Crippen molar-refractivity contribution in [1.29, 1.82) is 0 Å². The predicted octanol–water partition coefficient (Wildman–Crippen LogP) is 2.54. The van der Waals surface area contributed by atoms with Crippen molar-refractivity contribution in [1.82, 2.24) is 20.5 Å². The fourth-order valence-electron chi connectivity index (χ4n) is 2.86. The maximum atomic E-state index is 5.79. The predicted molar refractivity (Wildman–Crippen MR) is 108 cm³/mol. The van der Waals surface area contributed by atoms with Crippen LogP contribution in [-0.4, -0.2) is 55.1 Å². The summed E-state index contributed by atoms with van der Waals surface area (Å²) in [5, 5.41) is 7.31. The maximum Gasteiger partial charge on any atom is 0.191 e. The van der Waals surface area contributed by atoms with Crippen LogP contribution in [0.4, 0.5) is 0 Å². The van der Waals surface area contributed by atoms with Crippen LogP contribution in [-0.2, 0) is 6.42 Å². The summed E-state index contributed by atoms with van der Waals surface area (Å²) in [5.41, 5.74) is 1.17. The van der Waals surface area contributed by atoms with Crippen LogP contribution in [0.3, 0.4) is 0 Å². The van der Waals surface area contributed by atoms with E-state index in [9.17, 15) is 0 Å². The fraction of sp³-hybridized carbons (Fsp3) is 0.625. The zero-order valence-corrected chi connectivity index (χ0v) is 17.0. The van der Waals surface area contributed by atoms with Crippen molar-refractivity contribution in [2.24, 2.45) is 4.99 Å². The highest BCUT2D eigenvalue weighted by Gasteiger charge is 2.22. The lowest BCUT2D eigenvalue weighted by atomic mass is 10.2. The first-order valence-corrected chi connectivity index (χ1v) is 8.39. The number of hydrogen-bond donors (Lipinski definition) is 2. The second-order valence-corrected chi connectivity index (χ2v) is 5.93. The monoisotopic (exact) mass is 451 g/mol. The maximum absolute atomic E-state index is 5.79. The number of halogens is 2. The quantitative estimate of drug-likeness (QED) is 0.302. The molecule has 0 bridgehead atoms. The number of guanidine groups is 1. The highest BCUT2D eigenvalue weighted by atomic mass is 127. The molecule has 1 fully saturated rings. The molecular weight excluding hydrogens is 425 g/mol. The van der Waals surface area contributed by atoms with E-state index in [0.717, 1.165) is 32.0 Å². The van der Waals surface area contributed by atoms with Crippen LogP contribution in [0.2, 0.25) is 5.15 Å². The second-order valence-electron chi connectivity index (χ2n) is 5.54.